The number of rotatable bonds is 2. The minimum atomic E-state index is -1.07. The number of aryl methyl sites for hydroxylation is 2. The Bertz CT molecular complexity index is 541. The summed E-state index contributed by atoms with van der Waals surface area (Å²) >= 11 is 0. The molecule has 6 heteroatoms. The lowest BCUT2D eigenvalue weighted by Gasteiger charge is -2.15. The fraction of sp³-hybridized carbons (Fsp3) is 0.455. The third kappa shape index (κ3) is 2.31. The van der Waals surface area contributed by atoms with E-state index in [0.29, 0.717) is 17.5 Å². The lowest BCUT2D eigenvalue weighted by molar-refractivity contribution is 0.0686. The Hall–Kier alpha value is -1.82. The molecule has 17 heavy (non-hydrogen) atoms. The van der Waals surface area contributed by atoms with Crippen LogP contribution in [0.1, 0.15) is 31.3 Å². The Kier molecular flexibility index (Phi) is 2.66. The highest BCUT2D eigenvalue weighted by Crippen LogP contribution is 2.16. The molecule has 0 atom stereocenters. The fourth-order valence-corrected chi connectivity index (χ4v) is 1.50. The highest BCUT2D eigenvalue weighted by molar-refractivity contribution is 5.22. The topological polar surface area (TPSA) is 76.7 Å². The van der Waals surface area contributed by atoms with Gasteiger partial charge in [0, 0.05) is 12.3 Å². The molecule has 0 bridgehead atoms. The zero-order valence-electron chi connectivity index (χ0n) is 10.3. The SMILES string of the molecule is Cc1nc(C)n(-c2ccnc(C(C)(C)O)n2)n1. The second kappa shape index (κ2) is 3.89. The van der Waals surface area contributed by atoms with Gasteiger partial charge in [0.25, 0.3) is 0 Å². The number of hydrogen-bond acceptors (Lipinski definition) is 5. The molecule has 2 aromatic rings. The van der Waals surface area contributed by atoms with Crippen LogP contribution in [0.15, 0.2) is 12.3 Å². The molecule has 0 fully saturated rings. The Morgan fingerprint density at radius 1 is 1.24 bits per heavy atom. The molecule has 1 N–H and O–H groups in total. The smallest absolute Gasteiger partial charge is 0.161 e. The summed E-state index contributed by atoms with van der Waals surface area (Å²) in [6, 6.07) is 1.73. The van der Waals surface area contributed by atoms with Crippen molar-refractivity contribution in [2.45, 2.75) is 33.3 Å². The molecule has 90 valence electrons. The molecular formula is C11H15N5O. The summed E-state index contributed by atoms with van der Waals surface area (Å²) in [5.41, 5.74) is -1.07. The van der Waals surface area contributed by atoms with E-state index < -0.39 is 5.60 Å². The Morgan fingerprint density at radius 3 is 2.47 bits per heavy atom. The molecule has 0 aliphatic carbocycles. The largest absolute Gasteiger partial charge is 0.382 e. The molecule has 0 unspecified atom stereocenters. The van der Waals surface area contributed by atoms with Gasteiger partial charge in [-0.05, 0) is 27.7 Å². The van der Waals surface area contributed by atoms with Crippen molar-refractivity contribution >= 4 is 0 Å². The van der Waals surface area contributed by atoms with Crippen LogP contribution in [0.25, 0.3) is 5.82 Å². The first-order valence-electron chi connectivity index (χ1n) is 5.34. The molecule has 2 rings (SSSR count). The van der Waals surface area contributed by atoms with Crippen molar-refractivity contribution < 1.29 is 5.11 Å². The van der Waals surface area contributed by atoms with Crippen LogP contribution in [0, 0.1) is 13.8 Å². The van der Waals surface area contributed by atoms with Crippen LogP contribution in [0.2, 0.25) is 0 Å². The summed E-state index contributed by atoms with van der Waals surface area (Å²) in [6.45, 7) is 6.96. The van der Waals surface area contributed by atoms with Gasteiger partial charge >= 0.3 is 0 Å². The quantitative estimate of drug-likeness (QED) is 0.834. The van der Waals surface area contributed by atoms with Crippen molar-refractivity contribution in [3.05, 3.63) is 29.7 Å². The van der Waals surface area contributed by atoms with E-state index in [-0.39, 0.29) is 0 Å². The van der Waals surface area contributed by atoms with E-state index in [1.54, 1.807) is 30.8 Å². The average Bonchev–Trinajstić information content (AvgIpc) is 2.57. The summed E-state index contributed by atoms with van der Waals surface area (Å²) in [4.78, 5) is 12.5. The number of aromatic nitrogens is 5. The van der Waals surface area contributed by atoms with Gasteiger partial charge in [0.05, 0.1) is 0 Å². The van der Waals surface area contributed by atoms with Crippen molar-refractivity contribution in [3.63, 3.8) is 0 Å². The van der Waals surface area contributed by atoms with E-state index in [2.05, 4.69) is 20.1 Å². The first-order chi connectivity index (χ1) is 7.88. The molecular weight excluding hydrogens is 218 g/mol. The molecule has 2 aromatic heterocycles. The van der Waals surface area contributed by atoms with Crippen molar-refractivity contribution in [2.24, 2.45) is 0 Å². The van der Waals surface area contributed by atoms with Crippen LogP contribution >= 0.6 is 0 Å². The normalized spacial score (nSPS) is 11.8. The Labute approximate surface area is 99.4 Å². The van der Waals surface area contributed by atoms with Crippen molar-refractivity contribution in [3.8, 4) is 5.82 Å². The summed E-state index contributed by atoms with van der Waals surface area (Å²) in [5, 5.41) is 14.1. The first-order valence-corrected chi connectivity index (χ1v) is 5.34. The van der Waals surface area contributed by atoms with Gasteiger partial charge in [0.15, 0.2) is 11.6 Å². The van der Waals surface area contributed by atoms with Crippen molar-refractivity contribution in [1.29, 1.82) is 0 Å². The molecule has 0 spiro atoms. The van der Waals surface area contributed by atoms with Crippen LogP contribution in [-0.2, 0) is 5.60 Å². The molecule has 0 amide bonds. The summed E-state index contributed by atoms with van der Waals surface area (Å²) in [5.74, 6) is 2.41. The lowest BCUT2D eigenvalue weighted by Crippen LogP contribution is -2.20. The average molecular weight is 233 g/mol. The maximum Gasteiger partial charge on any atom is 0.161 e. The lowest BCUT2D eigenvalue weighted by atomic mass is 10.1. The van der Waals surface area contributed by atoms with Gasteiger partial charge in [0.2, 0.25) is 0 Å². The zero-order chi connectivity index (χ0) is 12.6. The Morgan fingerprint density at radius 2 is 1.94 bits per heavy atom. The minimum Gasteiger partial charge on any atom is -0.382 e. The van der Waals surface area contributed by atoms with Gasteiger partial charge in [-0.3, -0.25) is 0 Å². The van der Waals surface area contributed by atoms with E-state index in [0.717, 1.165) is 5.82 Å². The van der Waals surface area contributed by atoms with Crippen LogP contribution in [0.5, 0.6) is 0 Å². The fourth-order valence-electron chi connectivity index (χ4n) is 1.50. The zero-order valence-corrected chi connectivity index (χ0v) is 10.3. The molecule has 0 aromatic carbocycles. The molecule has 0 aliphatic heterocycles. The summed E-state index contributed by atoms with van der Waals surface area (Å²) in [6.07, 6.45) is 1.60. The van der Waals surface area contributed by atoms with Crippen molar-refractivity contribution in [1.82, 2.24) is 24.7 Å². The predicted molar refractivity (Wildman–Crippen MR) is 61.7 cm³/mol. The Balaban J connectivity index is 2.50. The predicted octanol–water partition coefficient (Wildman–Crippen LogP) is 0.902. The van der Waals surface area contributed by atoms with Crippen molar-refractivity contribution in [2.75, 3.05) is 0 Å². The molecule has 0 saturated heterocycles. The number of nitrogens with zero attached hydrogens (tertiary/aromatic N) is 5. The molecule has 0 radical (unpaired) electrons. The summed E-state index contributed by atoms with van der Waals surface area (Å²) < 4.78 is 1.63. The van der Waals surface area contributed by atoms with Gasteiger partial charge in [-0.15, -0.1) is 5.10 Å². The van der Waals surface area contributed by atoms with E-state index in [4.69, 9.17) is 0 Å². The van der Waals surface area contributed by atoms with Crippen LogP contribution in [-0.4, -0.2) is 29.8 Å². The summed E-state index contributed by atoms with van der Waals surface area (Å²) in [7, 11) is 0. The van der Waals surface area contributed by atoms with Gasteiger partial charge in [0.1, 0.15) is 17.2 Å². The van der Waals surface area contributed by atoms with Gasteiger partial charge in [-0.2, -0.15) is 4.68 Å². The monoisotopic (exact) mass is 233 g/mol. The molecule has 6 nitrogen and oxygen atoms in total. The van der Waals surface area contributed by atoms with Crippen LogP contribution in [0.3, 0.4) is 0 Å². The molecule has 2 heterocycles. The van der Waals surface area contributed by atoms with E-state index in [9.17, 15) is 5.11 Å². The van der Waals surface area contributed by atoms with Gasteiger partial charge in [-0.1, -0.05) is 0 Å². The number of aliphatic hydroxyl groups is 1. The second-order valence-corrected chi connectivity index (χ2v) is 4.42. The van der Waals surface area contributed by atoms with Crippen LogP contribution in [0.4, 0.5) is 0 Å². The standard InChI is InChI=1S/C11H15N5O/c1-7-13-8(2)16(15-7)9-5-6-12-10(14-9)11(3,4)17/h5-6,17H,1-4H3. The van der Waals surface area contributed by atoms with E-state index in [1.807, 2.05) is 13.8 Å². The second-order valence-electron chi connectivity index (χ2n) is 4.42. The van der Waals surface area contributed by atoms with E-state index >= 15 is 0 Å². The van der Waals surface area contributed by atoms with E-state index in [1.165, 1.54) is 0 Å². The molecule has 0 aliphatic rings. The maximum atomic E-state index is 9.86. The third-order valence-corrected chi connectivity index (χ3v) is 2.28. The maximum absolute atomic E-state index is 9.86. The highest BCUT2D eigenvalue weighted by atomic mass is 16.3. The first kappa shape index (κ1) is 11.7. The number of hydrogen-bond donors (Lipinski definition) is 1. The third-order valence-electron chi connectivity index (χ3n) is 2.28. The van der Waals surface area contributed by atoms with Gasteiger partial charge < -0.3 is 5.11 Å². The van der Waals surface area contributed by atoms with Gasteiger partial charge in [-0.25, -0.2) is 15.0 Å². The van der Waals surface area contributed by atoms with Crippen LogP contribution < -0.4 is 0 Å². The molecule has 0 saturated carbocycles. The highest BCUT2D eigenvalue weighted by Gasteiger charge is 2.20. The minimum absolute atomic E-state index is 0.363.